The van der Waals surface area contributed by atoms with Crippen LogP contribution in [-0.4, -0.2) is 6.54 Å². The molecule has 2 atom stereocenters. The van der Waals surface area contributed by atoms with Crippen LogP contribution < -0.4 is 5.73 Å². The number of alkyl halides is 1. The molecule has 1 aliphatic carbocycles. The first kappa shape index (κ1) is 10.5. The van der Waals surface area contributed by atoms with Gasteiger partial charge < -0.3 is 5.73 Å². The number of nitrogens with two attached hydrogens (primary N) is 1. The highest BCUT2D eigenvalue weighted by molar-refractivity contribution is 5.85. The molecule has 0 aliphatic heterocycles. The highest BCUT2D eigenvalue weighted by atomic mass is 35.5. The average Bonchev–Trinajstić information content (AvgIpc) is 2.81. The van der Waals surface area contributed by atoms with E-state index in [9.17, 15) is 4.39 Å². The summed E-state index contributed by atoms with van der Waals surface area (Å²) in [6.07, 6.45) is 0.591. The summed E-state index contributed by atoms with van der Waals surface area (Å²) >= 11 is 0. The largest absolute Gasteiger partial charge is 0.330 e. The molecule has 0 amide bonds. The lowest BCUT2D eigenvalue weighted by molar-refractivity contribution is 0.288. The summed E-state index contributed by atoms with van der Waals surface area (Å²) in [5.74, 6) is 0.0416. The molecule has 2 unspecified atom stereocenters. The zero-order chi connectivity index (χ0) is 8.60. The summed E-state index contributed by atoms with van der Waals surface area (Å²) in [7, 11) is 0. The van der Waals surface area contributed by atoms with Crippen LogP contribution in [0.1, 0.15) is 12.0 Å². The third-order valence-corrected chi connectivity index (χ3v) is 2.57. The van der Waals surface area contributed by atoms with Crippen molar-refractivity contribution in [2.24, 2.45) is 11.7 Å². The van der Waals surface area contributed by atoms with Gasteiger partial charge in [0.1, 0.15) is 5.67 Å². The van der Waals surface area contributed by atoms with Crippen LogP contribution in [0.4, 0.5) is 4.39 Å². The van der Waals surface area contributed by atoms with Crippen LogP contribution in [0.15, 0.2) is 30.3 Å². The van der Waals surface area contributed by atoms with Gasteiger partial charge in [-0.1, -0.05) is 30.3 Å². The smallest absolute Gasteiger partial charge is 0.140 e. The fraction of sp³-hybridized carbons (Fsp3) is 0.400. The molecule has 0 saturated heterocycles. The Morgan fingerprint density at radius 3 is 2.46 bits per heavy atom. The van der Waals surface area contributed by atoms with Gasteiger partial charge in [-0.05, 0) is 18.5 Å². The molecular formula is C10H13ClFN. The van der Waals surface area contributed by atoms with Crippen molar-refractivity contribution in [3.8, 4) is 0 Å². The van der Waals surface area contributed by atoms with E-state index in [1.807, 2.05) is 30.3 Å². The van der Waals surface area contributed by atoms with Gasteiger partial charge in [0.25, 0.3) is 0 Å². The van der Waals surface area contributed by atoms with Crippen molar-refractivity contribution in [1.29, 1.82) is 0 Å². The van der Waals surface area contributed by atoms with E-state index in [1.54, 1.807) is 0 Å². The number of benzene rings is 1. The minimum atomic E-state index is -1.12. The number of rotatable bonds is 2. The molecule has 1 nitrogen and oxygen atoms in total. The standard InChI is InChI=1S/C10H12FN.ClH/c11-10(6-9(10)7-12)8-4-2-1-3-5-8;/h1-5,9H,6-7,12H2;1H. The van der Waals surface area contributed by atoms with Crippen molar-refractivity contribution < 1.29 is 4.39 Å². The normalized spacial score (nSPS) is 30.8. The van der Waals surface area contributed by atoms with Crippen LogP contribution in [0.3, 0.4) is 0 Å². The molecule has 1 aliphatic rings. The summed E-state index contributed by atoms with van der Waals surface area (Å²) in [6, 6.07) is 9.28. The number of halogens is 2. The van der Waals surface area contributed by atoms with Crippen molar-refractivity contribution in [3.05, 3.63) is 35.9 Å². The van der Waals surface area contributed by atoms with Gasteiger partial charge in [0.2, 0.25) is 0 Å². The molecule has 2 rings (SSSR count). The molecule has 13 heavy (non-hydrogen) atoms. The van der Waals surface area contributed by atoms with Gasteiger partial charge in [0.15, 0.2) is 0 Å². The lowest BCUT2D eigenvalue weighted by Gasteiger charge is -2.05. The maximum Gasteiger partial charge on any atom is 0.140 e. The van der Waals surface area contributed by atoms with Crippen LogP contribution in [0.25, 0.3) is 0 Å². The Morgan fingerprint density at radius 1 is 1.38 bits per heavy atom. The molecule has 0 bridgehead atoms. The molecule has 0 aromatic heterocycles. The molecule has 1 aromatic carbocycles. The van der Waals surface area contributed by atoms with E-state index in [4.69, 9.17) is 5.73 Å². The highest BCUT2D eigenvalue weighted by Crippen LogP contribution is 2.54. The molecule has 2 N–H and O–H groups in total. The molecule has 1 aromatic rings. The van der Waals surface area contributed by atoms with E-state index < -0.39 is 5.67 Å². The molecule has 1 saturated carbocycles. The van der Waals surface area contributed by atoms with E-state index in [0.29, 0.717) is 13.0 Å². The molecule has 1 fully saturated rings. The van der Waals surface area contributed by atoms with Crippen molar-refractivity contribution in [2.75, 3.05) is 6.54 Å². The minimum absolute atomic E-state index is 0. The first-order valence-electron chi connectivity index (χ1n) is 4.22. The molecule has 72 valence electrons. The predicted octanol–water partition coefficient (Wildman–Crippen LogP) is 2.25. The summed E-state index contributed by atoms with van der Waals surface area (Å²) in [5.41, 5.74) is 5.07. The topological polar surface area (TPSA) is 26.0 Å². The van der Waals surface area contributed by atoms with Gasteiger partial charge >= 0.3 is 0 Å². The van der Waals surface area contributed by atoms with Crippen LogP contribution in [0.5, 0.6) is 0 Å². The van der Waals surface area contributed by atoms with Gasteiger partial charge in [0.05, 0.1) is 0 Å². The van der Waals surface area contributed by atoms with Gasteiger partial charge in [0, 0.05) is 5.92 Å². The summed E-state index contributed by atoms with van der Waals surface area (Å²) in [4.78, 5) is 0. The Labute approximate surface area is 83.5 Å². The average molecular weight is 202 g/mol. The monoisotopic (exact) mass is 201 g/mol. The Bertz CT molecular complexity index is 278. The molecule has 0 radical (unpaired) electrons. The Hall–Kier alpha value is -0.600. The van der Waals surface area contributed by atoms with E-state index in [1.165, 1.54) is 0 Å². The summed E-state index contributed by atoms with van der Waals surface area (Å²) in [6.45, 7) is 0.450. The number of hydrogen-bond acceptors (Lipinski definition) is 1. The first-order chi connectivity index (χ1) is 5.77. The van der Waals surface area contributed by atoms with Gasteiger partial charge in [-0.2, -0.15) is 0 Å². The highest BCUT2D eigenvalue weighted by Gasteiger charge is 2.55. The second-order valence-electron chi connectivity index (χ2n) is 3.37. The predicted molar refractivity (Wildman–Crippen MR) is 53.6 cm³/mol. The minimum Gasteiger partial charge on any atom is -0.330 e. The Kier molecular flexibility index (Phi) is 2.94. The third-order valence-electron chi connectivity index (χ3n) is 2.57. The van der Waals surface area contributed by atoms with Crippen LogP contribution in [-0.2, 0) is 5.67 Å². The van der Waals surface area contributed by atoms with E-state index >= 15 is 0 Å². The van der Waals surface area contributed by atoms with E-state index in [2.05, 4.69) is 0 Å². The van der Waals surface area contributed by atoms with Gasteiger partial charge in [-0.3, -0.25) is 0 Å². The molecule has 3 heteroatoms. The van der Waals surface area contributed by atoms with Gasteiger partial charge in [-0.25, -0.2) is 4.39 Å². The Balaban J connectivity index is 0.000000845. The van der Waals surface area contributed by atoms with Crippen molar-refractivity contribution >= 4 is 12.4 Å². The number of hydrogen-bond donors (Lipinski definition) is 1. The fourth-order valence-electron chi connectivity index (χ4n) is 1.64. The SMILES string of the molecule is Cl.NCC1CC1(F)c1ccccc1. The lowest BCUT2D eigenvalue weighted by Crippen LogP contribution is -2.10. The summed E-state index contributed by atoms with van der Waals surface area (Å²) < 4.78 is 13.8. The van der Waals surface area contributed by atoms with Crippen LogP contribution in [0.2, 0.25) is 0 Å². The second-order valence-corrected chi connectivity index (χ2v) is 3.37. The lowest BCUT2D eigenvalue weighted by atomic mass is 10.1. The second kappa shape index (κ2) is 3.64. The third kappa shape index (κ3) is 1.69. The fourth-order valence-corrected chi connectivity index (χ4v) is 1.64. The van der Waals surface area contributed by atoms with E-state index in [-0.39, 0.29) is 18.3 Å². The van der Waals surface area contributed by atoms with Crippen molar-refractivity contribution in [1.82, 2.24) is 0 Å². The molecule has 0 heterocycles. The Morgan fingerprint density at radius 2 is 2.00 bits per heavy atom. The van der Waals surface area contributed by atoms with Crippen LogP contribution in [0, 0.1) is 5.92 Å². The van der Waals surface area contributed by atoms with Crippen molar-refractivity contribution in [2.45, 2.75) is 12.1 Å². The van der Waals surface area contributed by atoms with Crippen LogP contribution >= 0.6 is 12.4 Å². The maximum atomic E-state index is 13.8. The van der Waals surface area contributed by atoms with Crippen molar-refractivity contribution in [3.63, 3.8) is 0 Å². The first-order valence-corrected chi connectivity index (χ1v) is 4.22. The quantitative estimate of drug-likeness (QED) is 0.781. The zero-order valence-electron chi connectivity index (χ0n) is 7.24. The maximum absolute atomic E-state index is 13.8. The van der Waals surface area contributed by atoms with E-state index in [0.717, 1.165) is 5.56 Å². The molecular weight excluding hydrogens is 189 g/mol. The van der Waals surface area contributed by atoms with Gasteiger partial charge in [-0.15, -0.1) is 12.4 Å². The molecule has 0 spiro atoms. The summed E-state index contributed by atoms with van der Waals surface area (Å²) in [5, 5.41) is 0. The zero-order valence-corrected chi connectivity index (χ0v) is 8.06.